The lowest BCUT2D eigenvalue weighted by molar-refractivity contribution is 0.436. The van der Waals surface area contributed by atoms with Gasteiger partial charge in [0, 0.05) is 10.5 Å². The third kappa shape index (κ3) is 3.78. The van der Waals surface area contributed by atoms with Crippen LogP contribution in [0.1, 0.15) is 37.7 Å². The molecular formula is C14H19BrFN. The average molecular weight is 300 g/mol. The number of hydrogen-bond donors (Lipinski definition) is 1. The number of hydrogen-bond acceptors (Lipinski definition) is 1. The van der Waals surface area contributed by atoms with Crippen molar-refractivity contribution in [3.8, 4) is 0 Å². The molecule has 0 bridgehead atoms. The van der Waals surface area contributed by atoms with Gasteiger partial charge >= 0.3 is 0 Å². The summed E-state index contributed by atoms with van der Waals surface area (Å²) in [7, 11) is 0. The summed E-state index contributed by atoms with van der Waals surface area (Å²) in [5, 5.41) is 0. The molecule has 0 aromatic heterocycles. The molecule has 0 spiro atoms. The maximum atomic E-state index is 13.6. The second-order valence-electron chi connectivity index (χ2n) is 5.09. The summed E-state index contributed by atoms with van der Waals surface area (Å²) in [6.07, 6.45) is 6.96. The monoisotopic (exact) mass is 299 g/mol. The van der Waals surface area contributed by atoms with E-state index >= 15 is 0 Å². The lowest BCUT2D eigenvalue weighted by atomic mass is 9.94. The summed E-state index contributed by atoms with van der Waals surface area (Å²) in [6.45, 7) is 0. The highest BCUT2D eigenvalue weighted by Gasteiger charge is 2.18. The van der Waals surface area contributed by atoms with Crippen LogP contribution in [0.15, 0.2) is 22.7 Å². The molecule has 2 rings (SSSR count). The van der Waals surface area contributed by atoms with E-state index < -0.39 is 0 Å². The minimum atomic E-state index is -0.152. The highest BCUT2D eigenvalue weighted by Crippen LogP contribution is 2.29. The summed E-state index contributed by atoms with van der Waals surface area (Å²) >= 11 is 3.26. The molecule has 1 aliphatic carbocycles. The minimum absolute atomic E-state index is 0.0915. The van der Waals surface area contributed by atoms with E-state index in [2.05, 4.69) is 15.9 Å². The van der Waals surface area contributed by atoms with E-state index in [1.165, 1.54) is 31.7 Å². The molecule has 1 aromatic rings. The molecule has 1 nitrogen and oxygen atoms in total. The van der Waals surface area contributed by atoms with Gasteiger partial charge in [0.25, 0.3) is 0 Å². The van der Waals surface area contributed by atoms with Crippen LogP contribution < -0.4 is 5.73 Å². The predicted octanol–water partition coefficient (Wildman–Crippen LogP) is 4.04. The van der Waals surface area contributed by atoms with E-state index in [0.717, 1.165) is 22.4 Å². The fourth-order valence-electron chi connectivity index (χ4n) is 2.73. The lowest BCUT2D eigenvalue weighted by Gasteiger charge is -2.16. The van der Waals surface area contributed by atoms with Gasteiger partial charge in [-0.15, -0.1) is 0 Å². The zero-order valence-electron chi connectivity index (χ0n) is 9.96. The van der Waals surface area contributed by atoms with Crippen molar-refractivity contribution < 1.29 is 4.39 Å². The third-order valence-electron chi connectivity index (χ3n) is 3.61. The highest BCUT2D eigenvalue weighted by molar-refractivity contribution is 9.10. The molecule has 0 saturated heterocycles. The Bertz CT molecular complexity index is 374. The molecule has 0 amide bonds. The highest BCUT2D eigenvalue weighted by atomic mass is 79.9. The third-order valence-corrected chi connectivity index (χ3v) is 4.10. The smallest absolute Gasteiger partial charge is 0.127 e. The summed E-state index contributed by atoms with van der Waals surface area (Å²) in [5.41, 5.74) is 6.85. The number of halogens is 2. The molecule has 0 heterocycles. The van der Waals surface area contributed by atoms with Crippen LogP contribution >= 0.6 is 15.9 Å². The van der Waals surface area contributed by atoms with Crippen molar-refractivity contribution in [1.29, 1.82) is 0 Å². The van der Waals surface area contributed by atoms with E-state index in [1.54, 1.807) is 0 Å². The predicted molar refractivity (Wildman–Crippen MR) is 72.4 cm³/mol. The molecule has 1 aromatic carbocycles. The van der Waals surface area contributed by atoms with Gasteiger partial charge in [0.05, 0.1) is 0 Å². The molecule has 3 heteroatoms. The van der Waals surface area contributed by atoms with Crippen molar-refractivity contribution >= 4 is 15.9 Å². The molecule has 2 N–H and O–H groups in total. The summed E-state index contributed by atoms with van der Waals surface area (Å²) in [4.78, 5) is 0. The van der Waals surface area contributed by atoms with E-state index in [4.69, 9.17) is 5.73 Å². The molecule has 0 radical (unpaired) electrons. The summed E-state index contributed by atoms with van der Waals surface area (Å²) in [6, 6.07) is 5.31. The first-order valence-corrected chi connectivity index (χ1v) is 7.14. The maximum absolute atomic E-state index is 13.6. The quantitative estimate of drug-likeness (QED) is 0.892. The molecule has 94 valence electrons. The zero-order valence-corrected chi connectivity index (χ0v) is 11.5. The van der Waals surface area contributed by atoms with Gasteiger partial charge in [0.1, 0.15) is 5.82 Å². The van der Waals surface area contributed by atoms with Gasteiger partial charge in [-0.2, -0.15) is 0 Å². The molecule has 1 fully saturated rings. The Kier molecular flexibility index (Phi) is 4.57. The molecule has 17 heavy (non-hydrogen) atoms. The van der Waals surface area contributed by atoms with Crippen LogP contribution in [0.4, 0.5) is 4.39 Å². The van der Waals surface area contributed by atoms with Gasteiger partial charge in [-0.1, -0.05) is 47.7 Å². The molecule has 1 saturated carbocycles. The van der Waals surface area contributed by atoms with Crippen LogP contribution in [0.2, 0.25) is 0 Å². The topological polar surface area (TPSA) is 26.0 Å². The zero-order chi connectivity index (χ0) is 12.3. The van der Waals surface area contributed by atoms with Crippen molar-refractivity contribution in [3.05, 3.63) is 34.1 Å². The summed E-state index contributed by atoms with van der Waals surface area (Å²) in [5.74, 6) is 0.616. The Morgan fingerprint density at radius 3 is 2.71 bits per heavy atom. The van der Waals surface area contributed by atoms with Crippen LogP contribution in [0.25, 0.3) is 0 Å². The second-order valence-corrected chi connectivity index (χ2v) is 6.00. The van der Waals surface area contributed by atoms with Gasteiger partial charge in [-0.3, -0.25) is 0 Å². The van der Waals surface area contributed by atoms with E-state index in [-0.39, 0.29) is 11.9 Å². The Morgan fingerprint density at radius 1 is 1.35 bits per heavy atom. The molecular weight excluding hydrogens is 281 g/mol. The van der Waals surface area contributed by atoms with Crippen molar-refractivity contribution in [1.82, 2.24) is 0 Å². The summed E-state index contributed by atoms with van der Waals surface area (Å²) < 4.78 is 14.4. The first-order chi connectivity index (χ1) is 8.15. The van der Waals surface area contributed by atoms with E-state index in [9.17, 15) is 4.39 Å². The standard InChI is InChI=1S/C14H19BrFN/c15-12-6-5-11(14(16)9-12)8-13(17)7-10-3-1-2-4-10/h5-6,9-10,13H,1-4,7-8,17H2. The molecule has 1 unspecified atom stereocenters. The van der Waals surface area contributed by atoms with Crippen molar-refractivity contribution in [2.75, 3.05) is 0 Å². The van der Waals surface area contributed by atoms with Crippen LogP contribution in [0.5, 0.6) is 0 Å². The molecule has 1 atom stereocenters. The number of rotatable bonds is 4. The lowest BCUT2D eigenvalue weighted by Crippen LogP contribution is -2.25. The van der Waals surface area contributed by atoms with Gasteiger partial charge in [-0.05, 0) is 36.5 Å². The van der Waals surface area contributed by atoms with E-state index in [1.807, 2.05) is 12.1 Å². The fourth-order valence-corrected chi connectivity index (χ4v) is 3.06. The van der Waals surface area contributed by atoms with Crippen molar-refractivity contribution in [2.45, 2.75) is 44.6 Å². The van der Waals surface area contributed by atoms with Crippen LogP contribution in [0.3, 0.4) is 0 Å². The largest absolute Gasteiger partial charge is 0.327 e. The van der Waals surface area contributed by atoms with Crippen LogP contribution in [-0.2, 0) is 6.42 Å². The SMILES string of the molecule is NC(Cc1ccc(Br)cc1F)CC1CCCC1. The first kappa shape index (κ1) is 13.0. The minimum Gasteiger partial charge on any atom is -0.327 e. The normalized spacial score (nSPS) is 18.5. The van der Waals surface area contributed by atoms with Crippen molar-refractivity contribution in [3.63, 3.8) is 0 Å². The van der Waals surface area contributed by atoms with E-state index in [0.29, 0.717) is 6.42 Å². The number of benzene rings is 1. The second kappa shape index (κ2) is 5.96. The Hall–Kier alpha value is -0.410. The maximum Gasteiger partial charge on any atom is 0.127 e. The average Bonchev–Trinajstić information content (AvgIpc) is 2.75. The Balaban J connectivity index is 1.90. The molecule has 1 aliphatic rings. The fraction of sp³-hybridized carbons (Fsp3) is 0.571. The van der Waals surface area contributed by atoms with Gasteiger partial charge in [0.15, 0.2) is 0 Å². The van der Waals surface area contributed by atoms with Gasteiger partial charge in [0.2, 0.25) is 0 Å². The first-order valence-electron chi connectivity index (χ1n) is 6.34. The van der Waals surface area contributed by atoms with Gasteiger partial charge < -0.3 is 5.73 Å². The van der Waals surface area contributed by atoms with Crippen molar-refractivity contribution in [2.24, 2.45) is 11.7 Å². The Labute approximate surface area is 111 Å². The molecule has 0 aliphatic heterocycles. The van der Waals surface area contributed by atoms with Gasteiger partial charge in [-0.25, -0.2) is 4.39 Å². The van der Waals surface area contributed by atoms with Crippen LogP contribution in [-0.4, -0.2) is 6.04 Å². The number of nitrogens with two attached hydrogens (primary N) is 1. The Morgan fingerprint density at radius 2 is 2.06 bits per heavy atom. The van der Waals surface area contributed by atoms with Crippen LogP contribution in [0, 0.1) is 11.7 Å².